The van der Waals surface area contributed by atoms with Crippen molar-refractivity contribution in [1.29, 1.82) is 0 Å². The normalized spacial score (nSPS) is 18.2. The molecule has 0 radical (unpaired) electrons. The van der Waals surface area contributed by atoms with Crippen LogP contribution in [-0.2, 0) is 11.3 Å². The van der Waals surface area contributed by atoms with Crippen molar-refractivity contribution in [2.75, 3.05) is 39.5 Å². The Balaban J connectivity index is 1.46. The first-order valence-electron chi connectivity index (χ1n) is 10.8. The Morgan fingerprint density at radius 2 is 1.93 bits per heavy atom. The number of benzene rings is 2. The fourth-order valence-corrected chi connectivity index (χ4v) is 4.19. The lowest BCUT2D eigenvalue weighted by molar-refractivity contribution is -0.134. The fraction of sp³-hybridized carbons (Fsp3) is 0.458. The highest BCUT2D eigenvalue weighted by molar-refractivity contribution is 5.78. The molecule has 0 spiro atoms. The van der Waals surface area contributed by atoms with Gasteiger partial charge in [-0.1, -0.05) is 31.2 Å². The van der Waals surface area contributed by atoms with E-state index in [0.717, 1.165) is 36.6 Å². The molecular weight excluding hydrogens is 380 g/mol. The maximum absolute atomic E-state index is 13.1. The number of para-hydroxylation sites is 1. The number of hydrogen-bond acceptors (Lipinski definition) is 5. The third-order valence-electron chi connectivity index (χ3n) is 5.77. The molecule has 6 nitrogen and oxygen atoms in total. The Hall–Kier alpha value is -2.73. The fourth-order valence-electron chi connectivity index (χ4n) is 4.19. The van der Waals surface area contributed by atoms with E-state index >= 15 is 0 Å². The van der Waals surface area contributed by atoms with Crippen LogP contribution in [0.25, 0.3) is 0 Å². The summed E-state index contributed by atoms with van der Waals surface area (Å²) in [4.78, 5) is 17.5. The van der Waals surface area contributed by atoms with Crippen LogP contribution < -0.4 is 14.2 Å². The van der Waals surface area contributed by atoms with E-state index in [1.807, 2.05) is 53.4 Å². The molecule has 1 amide bonds. The topological polar surface area (TPSA) is 51.2 Å². The van der Waals surface area contributed by atoms with Crippen LogP contribution in [0.15, 0.2) is 48.5 Å². The van der Waals surface area contributed by atoms with Crippen LogP contribution in [0, 0.1) is 0 Å². The lowest BCUT2D eigenvalue weighted by Crippen LogP contribution is -2.44. The Bertz CT molecular complexity index is 842. The van der Waals surface area contributed by atoms with Crippen molar-refractivity contribution in [3.63, 3.8) is 0 Å². The Labute approximate surface area is 178 Å². The number of carbonyl (C=O) groups excluding carboxylic acids is 1. The third kappa shape index (κ3) is 5.05. The molecule has 2 heterocycles. The molecule has 6 heteroatoms. The van der Waals surface area contributed by atoms with Gasteiger partial charge >= 0.3 is 0 Å². The molecule has 0 bridgehead atoms. The first-order chi connectivity index (χ1) is 14.7. The number of amides is 1. The van der Waals surface area contributed by atoms with Gasteiger partial charge in [0.05, 0.1) is 0 Å². The van der Waals surface area contributed by atoms with Crippen LogP contribution in [0.5, 0.6) is 17.2 Å². The van der Waals surface area contributed by atoms with Crippen LogP contribution in [0.2, 0.25) is 0 Å². The second-order valence-corrected chi connectivity index (χ2v) is 7.78. The van der Waals surface area contributed by atoms with Gasteiger partial charge < -0.3 is 19.1 Å². The van der Waals surface area contributed by atoms with Crippen LogP contribution in [0.4, 0.5) is 0 Å². The van der Waals surface area contributed by atoms with Crippen molar-refractivity contribution in [2.45, 2.75) is 32.4 Å². The number of likely N-dealkylation sites (N-methyl/N-ethyl adjacent to an activating group) is 1. The highest BCUT2D eigenvalue weighted by Gasteiger charge is 2.27. The average Bonchev–Trinajstić information content (AvgIpc) is 3.25. The van der Waals surface area contributed by atoms with Gasteiger partial charge in [0, 0.05) is 19.1 Å². The Morgan fingerprint density at radius 3 is 2.73 bits per heavy atom. The van der Waals surface area contributed by atoms with E-state index < -0.39 is 0 Å². The van der Waals surface area contributed by atoms with Gasteiger partial charge in [-0.15, -0.1) is 0 Å². The van der Waals surface area contributed by atoms with E-state index in [0.29, 0.717) is 38.1 Å². The summed E-state index contributed by atoms with van der Waals surface area (Å²) in [7, 11) is 0. The van der Waals surface area contributed by atoms with E-state index in [4.69, 9.17) is 14.2 Å². The molecule has 0 aromatic heterocycles. The highest BCUT2D eigenvalue weighted by atomic mass is 16.6. The predicted octanol–water partition coefficient (Wildman–Crippen LogP) is 3.35. The SMILES string of the molecule is CCN1CCC[C@H]1CN(Cc1ccc2c(c1)OCCO2)C(=O)COc1ccccc1. The van der Waals surface area contributed by atoms with Crippen LogP contribution in [0.1, 0.15) is 25.3 Å². The van der Waals surface area contributed by atoms with Gasteiger partial charge in [0.1, 0.15) is 19.0 Å². The van der Waals surface area contributed by atoms with Crippen molar-refractivity contribution < 1.29 is 19.0 Å². The number of ether oxygens (including phenoxy) is 3. The van der Waals surface area contributed by atoms with Crippen LogP contribution in [0.3, 0.4) is 0 Å². The minimum Gasteiger partial charge on any atom is -0.486 e. The first kappa shape index (κ1) is 20.5. The molecule has 0 saturated carbocycles. The summed E-state index contributed by atoms with van der Waals surface area (Å²) in [6.45, 7) is 6.70. The minimum atomic E-state index is -0.00306. The van der Waals surface area contributed by atoms with Crippen LogP contribution in [-0.4, -0.2) is 61.2 Å². The molecule has 2 aliphatic heterocycles. The molecule has 2 aromatic rings. The molecule has 1 atom stereocenters. The molecule has 1 saturated heterocycles. The third-order valence-corrected chi connectivity index (χ3v) is 5.77. The quantitative estimate of drug-likeness (QED) is 0.668. The molecule has 0 aliphatic carbocycles. The minimum absolute atomic E-state index is 0.00306. The second-order valence-electron chi connectivity index (χ2n) is 7.78. The van der Waals surface area contributed by atoms with E-state index in [1.54, 1.807) is 0 Å². The number of rotatable bonds is 8. The summed E-state index contributed by atoms with van der Waals surface area (Å²) < 4.78 is 17.1. The van der Waals surface area contributed by atoms with E-state index in [9.17, 15) is 4.79 Å². The first-order valence-corrected chi connectivity index (χ1v) is 10.8. The lowest BCUT2D eigenvalue weighted by Gasteiger charge is -2.31. The van der Waals surface area contributed by atoms with Crippen molar-refractivity contribution in [2.24, 2.45) is 0 Å². The zero-order valence-corrected chi connectivity index (χ0v) is 17.6. The molecule has 2 aromatic carbocycles. The summed E-state index contributed by atoms with van der Waals surface area (Å²) >= 11 is 0. The summed E-state index contributed by atoms with van der Waals surface area (Å²) in [5.74, 6) is 2.23. The average molecular weight is 411 g/mol. The molecule has 30 heavy (non-hydrogen) atoms. The van der Waals surface area contributed by atoms with Crippen molar-refractivity contribution in [1.82, 2.24) is 9.80 Å². The van der Waals surface area contributed by atoms with Gasteiger partial charge in [-0.3, -0.25) is 9.69 Å². The molecule has 4 rings (SSSR count). The monoisotopic (exact) mass is 410 g/mol. The molecular formula is C24H30N2O4. The van der Waals surface area contributed by atoms with E-state index in [-0.39, 0.29) is 12.5 Å². The number of likely N-dealkylation sites (tertiary alicyclic amines) is 1. The molecule has 0 unspecified atom stereocenters. The highest BCUT2D eigenvalue weighted by Crippen LogP contribution is 2.31. The number of hydrogen-bond donors (Lipinski definition) is 0. The molecule has 160 valence electrons. The standard InChI is InChI=1S/C24H30N2O4/c1-2-25-12-6-7-20(25)17-26(24(27)18-30-21-8-4-3-5-9-21)16-19-10-11-22-23(15-19)29-14-13-28-22/h3-5,8-11,15,20H,2,6-7,12-14,16-18H2,1H3/t20-/m0/s1. The van der Waals surface area contributed by atoms with Gasteiger partial charge in [-0.05, 0) is 55.8 Å². The van der Waals surface area contributed by atoms with E-state index in [1.165, 1.54) is 6.42 Å². The zero-order chi connectivity index (χ0) is 20.8. The lowest BCUT2D eigenvalue weighted by atomic mass is 10.1. The summed E-state index contributed by atoms with van der Waals surface area (Å²) in [6.07, 6.45) is 2.31. The number of nitrogens with zero attached hydrogens (tertiary/aromatic N) is 2. The molecule has 1 fully saturated rings. The largest absolute Gasteiger partial charge is 0.486 e. The smallest absolute Gasteiger partial charge is 0.260 e. The van der Waals surface area contributed by atoms with E-state index in [2.05, 4.69) is 11.8 Å². The van der Waals surface area contributed by atoms with Gasteiger partial charge in [0.25, 0.3) is 5.91 Å². The molecule has 2 aliphatic rings. The van der Waals surface area contributed by atoms with Gasteiger partial charge in [-0.2, -0.15) is 0 Å². The number of carbonyl (C=O) groups is 1. The van der Waals surface area contributed by atoms with Gasteiger partial charge in [-0.25, -0.2) is 0 Å². The molecule has 0 N–H and O–H groups in total. The maximum atomic E-state index is 13.1. The summed E-state index contributed by atoms with van der Waals surface area (Å²) in [6, 6.07) is 15.8. The Kier molecular flexibility index (Phi) is 6.74. The summed E-state index contributed by atoms with van der Waals surface area (Å²) in [5, 5.41) is 0. The maximum Gasteiger partial charge on any atom is 0.260 e. The van der Waals surface area contributed by atoms with Crippen molar-refractivity contribution >= 4 is 5.91 Å². The van der Waals surface area contributed by atoms with Gasteiger partial charge in [0.2, 0.25) is 0 Å². The Morgan fingerprint density at radius 1 is 1.13 bits per heavy atom. The van der Waals surface area contributed by atoms with Crippen LogP contribution >= 0.6 is 0 Å². The second kappa shape index (κ2) is 9.85. The van der Waals surface area contributed by atoms with Crippen molar-refractivity contribution in [3.8, 4) is 17.2 Å². The van der Waals surface area contributed by atoms with Gasteiger partial charge in [0.15, 0.2) is 18.1 Å². The number of fused-ring (bicyclic) bond motifs is 1. The summed E-state index contributed by atoms with van der Waals surface area (Å²) in [5.41, 5.74) is 1.04. The predicted molar refractivity (Wildman–Crippen MR) is 115 cm³/mol. The zero-order valence-electron chi connectivity index (χ0n) is 17.6. The van der Waals surface area contributed by atoms with Crippen molar-refractivity contribution in [3.05, 3.63) is 54.1 Å².